The molecule has 0 spiro atoms. The van der Waals surface area contributed by atoms with Crippen LogP contribution in [0.1, 0.15) is 18.9 Å². The third-order valence-electron chi connectivity index (χ3n) is 2.14. The molecule has 0 radical (unpaired) electrons. The standard InChI is InChI=1S/C13H17NO4/c1-2-12(15)17-9-8-14-13(16)18-10-11-6-4-3-5-7-11/h3-7H,2,8-10H2,1H3,(H,14,16). The lowest BCUT2D eigenvalue weighted by Crippen LogP contribution is -2.28. The van der Waals surface area contributed by atoms with E-state index in [0.717, 1.165) is 5.56 Å². The van der Waals surface area contributed by atoms with Gasteiger partial charge in [-0.15, -0.1) is 0 Å². The average molecular weight is 251 g/mol. The molecule has 18 heavy (non-hydrogen) atoms. The van der Waals surface area contributed by atoms with Crippen molar-refractivity contribution in [2.45, 2.75) is 20.0 Å². The van der Waals surface area contributed by atoms with Crippen molar-refractivity contribution in [3.63, 3.8) is 0 Å². The van der Waals surface area contributed by atoms with Gasteiger partial charge in [-0.2, -0.15) is 0 Å². The van der Waals surface area contributed by atoms with Crippen LogP contribution in [0, 0.1) is 0 Å². The molecule has 0 aliphatic carbocycles. The van der Waals surface area contributed by atoms with Crippen molar-refractivity contribution in [1.82, 2.24) is 5.32 Å². The average Bonchev–Trinajstić information content (AvgIpc) is 2.42. The molecular formula is C13H17NO4. The Morgan fingerprint density at radius 3 is 2.56 bits per heavy atom. The van der Waals surface area contributed by atoms with Crippen LogP contribution in [0.3, 0.4) is 0 Å². The first kappa shape index (κ1) is 14.0. The minimum atomic E-state index is -0.522. The second-order valence-electron chi connectivity index (χ2n) is 3.56. The van der Waals surface area contributed by atoms with Crippen LogP contribution >= 0.6 is 0 Å². The lowest BCUT2D eigenvalue weighted by Gasteiger charge is -2.07. The maximum atomic E-state index is 11.3. The van der Waals surface area contributed by atoms with E-state index in [2.05, 4.69) is 5.32 Å². The van der Waals surface area contributed by atoms with Gasteiger partial charge in [0, 0.05) is 6.42 Å². The molecule has 0 bridgehead atoms. The third-order valence-corrected chi connectivity index (χ3v) is 2.14. The number of carbonyl (C=O) groups excluding carboxylic acids is 2. The van der Waals surface area contributed by atoms with E-state index >= 15 is 0 Å². The minimum absolute atomic E-state index is 0.160. The Morgan fingerprint density at radius 1 is 1.17 bits per heavy atom. The van der Waals surface area contributed by atoms with Gasteiger partial charge in [0.2, 0.25) is 0 Å². The van der Waals surface area contributed by atoms with E-state index in [9.17, 15) is 9.59 Å². The van der Waals surface area contributed by atoms with E-state index < -0.39 is 6.09 Å². The summed E-state index contributed by atoms with van der Waals surface area (Å²) in [4.78, 5) is 22.1. The number of carbonyl (C=O) groups is 2. The summed E-state index contributed by atoms with van der Waals surface area (Å²) in [7, 11) is 0. The Kier molecular flexibility index (Phi) is 6.32. The number of nitrogens with one attached hydrogen (secondary N) is 1. The van der Waals surface area contributed by atoms with E-state index in [1.807, 2.05) is 30.3 Å². The molecule has 1 aromatic carbocycles. The molecule has 0 atom stereocenters. The highest BCUT2D eigenvalue weighted by molar-refractivity contribution is 5.69. The molecule has 98 valence electrons. The smallest absolute Gasteiger partial charge is 0.407 e. The van der Waals surface area contributed by atoms with Gasteiger partial charge in [-0.05, 0) is 5.56 Å². The van der Waals surface area contributed by atoms with Gasteiger partial charge in [-0.3, -0.25) is 4.79 Å². The lowest BCUT2D eigenvalue weighted by atomic mass is 10.2. The SMILES string of the molecule is CCC(=O)OCCNC(=O)OCc1ccccc1. The van der Waals surface area contributed by atoms with Crippen molar-refractivity contribution in [1.29, 1.82) is 0 Å². The summed E-state index contributed by atoms with van der Waals surface area (Å²) in [6.45, 7) is 2.35. The van der Waals surface area contributed by atoms with E-state index in [4.69, 9.17) is 9.47 Å². The molecule has 0 saturated carbocycles. The van der Waals surface area contributed by atoms with Crippen LogP contribution < -0.4 is 5.32 Å². The molecule has 1 N–H and O–H groups in total. The number of amides is 1. The Bertz CT molecular complexity index is 378. The lowest BCUT2D eigenvalue weighted by molar-refractivity contribution is -0.143. The minimum Gasteiger partial charge on any atom is -0.464 e. The first-order valence-corrected chi connectivity index (χ1v) is 5.82. The number of hydrogen-bond donors (Lipinski definition) is 1. The summed E-state index contributed by atoms with van der Waals surface area (Å²) in [6, 6.07) is 9.39. The van der Waals surface area contributed by atoms with Gasteiger partial charge in [-0.25, -0.2) is 4.79 Å². The summed E-state index contributed by atoms with van der Waals surface area (Å²) in [5.41, 5.74) is 0.921. The largest absolute Gasteiger partial charge is 0.464 e. The number of alkyl carbamates (subject to hydrolysis) is 1. The summed E-state index contributed by atoms with van der Waals surface area (Å²) >= 11 is 0. The molecule has 0 saturated heterocycles. The number of esters is 1. The fourth-order valence-electron chi connectivity index (χ4n) is 1.19. The normalized spacial score (nSPS) is 9.61. The highest BCUT2D eigenvalue weighted by atomic mass is 16.6. The second kappa shape index (κ2) is 8.11. The summed E-state index contributed by atoms with van der Waals surface area (Å²) < 4.78 is 9.77. The second-order valence-corrected chi connectivity index (χ2v) is 3.56. The number of hydrogen-bond acceptors (Lipinski definition) is 4. The zero-order valence-corrected chi connectivity index (χ0v) is 10.3. The zero-order chi connectivity index (χ0) is 13.2. The van der Waals surface area contributed by atoms with Crippen LogP contribution in [0.4, 0.5) is 4.79 Å². The first-order chi connectivity index (χ1) is 8.72. The number of rotatable bonds is 6. The third kappa shape index (κ3) is 5.89. The van der Waals surface area contributed by atoms with Crippen LogP contribution in [0.15, 0.2) is 30.3 Å². The van der Waals surface area contributed by atoms with Gasteiger partial charge in [0.05, 0.1) is 6.54 Å². The van der Waals surface area contributed by atoms with Crippen molar-refractivity contribution in [3.8, 4) is 0 Å². The molecule has 5 nitrogen and oxygen atoms in total. The van der Waals surface area contributed by atoms with Crippen molar-refractivity contribution >= 4 is 12.1 Å². The van der Waals surface area contributed by atoms with Crippen LogP contribution in [-0.4, -0.2) is 25.2 Å². The highest BCUT2D eigenvalue weighted by Gasteiger charge is 2.02. The Labute approximate surface area is 106 Å². The van der Waals surface area contributed by atoms with Crippen molar-refractivity contribution < 1.29 is 19.1 Å². The fourth-order valence-corrected chi connectivity index (χ4v) is 1.19. The van der Waals surface area contributed by atoms with Crippen molar-refractivity contribution in [2.24, 2.45) is 0 Å². The molecule has 0 aliphatic heterocycles. The van der Waals surface area contributed by atoms with Crippen LogP contribution in [0.5, 0.6) is 0 Å². The molecule has 0 aromatic heterocycles. The molecule has 0 unspecified atom stereocenters. The van der Waals surface area contributed by atoms with Gasteiger partial charge in [0.1, 0.15) is 13.2 Å². The van der Waals surface area contributed by atoms with E-state index in [-0.39, 0.29) is 25.7 Å². The molecule has 1 amide bonds. The summed E-state index contributed by atoms with van der Waals surface area (Å²) in [5.74, 6) is -0.283. The molecular weight excluding hydrogens is 234 g/mol. The summed E-state index contributed by atoms with van der Waals surface area (Å²) in [6.07, 6.45) is -0.190. The molecule has 5 heteroatoms. The molecule has 0 fully saturated rings. The van der Waals surface area contributed by atoms with Gasteiger partial charge in [0.25, 0.3) is 0 Å². The quantitative estimate of drug-likeness (QED) is 0.619. The molecule has 0 aliphatic rings. The predicted octanol–water partition coefficient (Wildman–Crippen LogP) is 1.87. The van der Waals surface area contributed by atoms with Crippen LogP contribution in [-0.2, 0) is 20.9 Å². The number of ether oxygens (including phenoxy) is 2. The van der Waals surface area contributed by atoms with Gasteiger partial charge in [-0.1, -0.05) is 37.3 Å². The highest BCUT2D eigenvalue weighted by Crippen LogP contribution is 2.00. The zero-order valence-electron chi connectivity index (χ0n) is 10.3. The Hall–Kier alpha value is -2.04. The monoisotopic (exact) mass is 251 g/mol. The maximum absolute atomic E-state index is 11.3. The fraction of sp³-hybridized carbons (Fsp3) is 0.385. The van der Waals surface area contributed by atoms with Gasteiger partial charge >= 0.3 is 12.1 Å². The van der Waals surface area contributed by atoms with Crippen LogP contribution in [0.25, 0.3) is 0 Å². The topological polar surface area (TPSA) is 64.6 Å². The van der Waals surface area contributed by atoms with Crippen LogP contribution in [0.2, 0.25) is 0 Å². The Balaban J connectivity index is 2.09. The van der Waals surface area contributed by atoms with E-state index in [1.165, 1.54) is 0 Å². The summed E-state index contributed by atoms with van der Waals surface area (Å²) in [5, 5.41) is 2.49. The first-order valence-electron chi connectivity index (χ1n) is 5.82. The molecule has 0 heterocycles. The van der Waals surface area contributed by atoms with Crippen molar-refractivity contribution in [2.75, 3.05) is 13.2 Å². The Morgan fingerprint density at radius 2 is 1.89 bits per heavy atom. The van der Waals surface area contributed by atoms with E-state index in [1.54, 1.807) is 6.92 Å². The molecule has 1 aromatic rings. The number of benzene rings is 1. The molecule has 1 rings (SSSR count). The van der Waals surface area contributed by atoms with E-state index in [0.29, 0.717) is 6.42 Å². The van der Waals surface area contributed by atoms with Gasteiger partial charge in [0.15, 0.2) is 0 Å². The predicted molar refractivity (Wildman–Crippen MR) is 65.9 cm³/mol. The van der Waals surface area contributed by atoms with Crippen molar-refractivity contribution in [3.05, 3.63) is 35.9 Å². The van der Waals surface area contributed by atoms with Gasteiger partial charge < -0.3 is 14.8 Å². The maximum Gasteiger partial charge on any atom is 0.407 e.